The Morgan fingerprint density at radius 2 is 1.96 bits per heavy atom. The maximum atomic E-state index is 12.9. The van der Waals surface area contributed by atoms with Gasteiger partial charge >= 0.3 is 0 Å². The summed E-state index contributed by atoms with van der Waals surface area (Å²) in [6.07, 6.45) is 0.618. The Morgan fingerprint density at radius 3 is 2.79 bits per heavy atom. The molecule has 1 aliphatic rings. The minimum absolute atomic E-state index is 0.172. The fourth-order valence-electron chi connectivity index (χ4n) is 3.29. The molecule has 28 heavy (non-hydrogen) atoms. The molecule has 3 aromatic rings. The number of benzene rings is 2. The molecule has 0 aliphatic carbocycles. The summed E-state index contributed by atoms with van der Waals surface area (Å²) in [5, 5.41) is 7.70. The molecule has 1 aromatic heterocycles. The Bertz CT molecular complexity index is 1110. The number of halogens is 1. The molecule has 0 unspecified atom stereocenters. The molecule has 1 amide bonds. The first-order chi connectivity index (χ1) is 13.5. The predicted molar refractivity (Wildman–Crippen MR) is 106 cm³/mol. The number of hydrogen-bond donors (Lipinski definition) is 1. The van der Waals surface area contributed by atoms with Gasteiger partial charge in [0.25, 0.3) is 5.91 Å². The maximum Gasteiger partial charge on any atom is 0.276 e. The Hall–Kier alpha value is -3.12. The summed E-state index contributed by atoms with van der Waals surface area (Å²) >= 11 is 6.26. The molecule has 0 saturated carbocycles. The molecule has 0 saturated heterocycles. The van der Waals surface area contributed by atoms with Crippen molar-refractivity contribution in [3.63, 3.8) is 0 Å². The van der Waals surface area contributed by atoms with Crippen molar-refractivity contribution in [3.8, 4) is 11.4 Å². The van der Waals surface area contributed by atoms with Gasteiger partial charge in [0.05, 0.1) is 23.4 Å². The van der Waals surface area contributed by atoms with Crippen molar-refractivity contribution >= 4 is 17.5 Å². The molecule has 7 heteroatoms. The third kappa shape index (κ3) is 3.39. The lowest BCUT2D eigenvalue weighted by molar-refractivity contribution is 0.0916. The van der Waals surface area contributed by atoms with E-state index in [9.17, 15) is 9.59 Å². The number of fused-ring (bicyclic) bond motifs is 1. The zero-order chi connectivity index (χ0) is 19.7. The van der Waals surface area contributed by atoms with Gasteiger partial charge < -0.3 is 10.1 Å². The molecule has 0 fully saturated rings. The van der Waals surface area contributed by atoms with E-state index in [0.717, 1.165) is 11.3 Å². The quantitative estimate of drug-likeness (QED) is 0.737. The molecule has 142 valence electrons. The predicted octanol–water partition coefficient (Wildman–Crippen LogP) is 3.45. The standard InChI is InChI=1S/C21H18ClN3O3/c1-13-12-18(26)20(24-25(13)17-8-4-3-7-15(17)22)21(27)23-16-10-11-28-19-9-5-2-6-14(16)19/h2-9,12,16H,10-11H2,1H3,(H,23,27)/t16-/m0/s1. The number of carbonyl (C=O) groups is 1. The number of nitrogens with zero attached hydrogens (tertiary/aromatic N) is 2. The Balaban J connectivity index is 1.68. The molecule has 6 nitrogen and oxygen atoms in total. The lowest BCUT2D eigenvalue weighted by Crippen LogP contribution is -2.36. The highest BCUT2D eigenvalue weighted by Crippen LogP contribution is 2.31. The highest BCUT2D eigenvalue weighted by atomic mass is 35.5. The van der Waals surface area contributed by atoms with E-state index in [1.165, 1.54) is 10.7 Å². The SMILES string of the molecule is Cc1cc(=O)c(C(=O)N[C@H]2CCOc3ccccc32)nn1-c1ccccc1Cl. The molecule has 4 rings (SSSR count). The van der Waals surface area contributed by atoms with Crippen LogP contribution in [0.1, 0.15) is 34.2 Å². The number of nitrogens with one attached hydrogen (secondary N) is 1. The highest BCUT2D eigenvalue weighted by Gasteiger charge is 2.25. The van der Waals surface area contributed by atoms with Gasteiger partial charge in [-0.15, -0.1) is 0 Å². The van der Waals surface area contributed by atoms with E-state index in [1.807, 2.05) is 30.3 Å². The number of para-hydroxylation sites is 2. The Labute approximate surface area is 166 Å². The first-order valence-electron chi connectivity index (χ1n) is 8.93. The van der Waals surface area contributed by atoms with Gasteiger partial charge in [0.1, 0.15) is 5.75 Å². The first kappa shape index (κ1) is 18.3. The highest BCUT2D eigenvalue weighted by molar-refractivity contribution is 6.32. The van der Waals surface area contributed by atoms with E-state index >= 15 is 0 Å². The first-order valence-corrected chi connectivity index (χ1v) is 9.31. The number of aromatic nitrogens is 2. The van der Waals surface area contributed by atoms with Crippen molar-refractivity contribution in [2.75, 3.05) is 6.61 Å². The van der Waals surface area contributed by atoms with Crippen molar-refractivity contribution in [3.05, 3.63) is 86.8 Å². The summed E-state index contributed by atoms with van der Waals surface area (Å²) in [7, 11) is 0. The van der Waals surface area contributed by atoms with Gasteiger partial charge in [-0.3, -0.25) is 9.59 Å². The van der Waals surface area contributed by atoms with Gasteiger partial charge in [-0.25, -0.2) is 4.68 Å². The zero-order valence-electron chi connectivity index (χ0n) is 15.2. The minimum Gasteiger partial charge on any atom is -0.493 e. The second-order valence-corrected chi connectivity index (χ2v) is 6.97. The summed E-state index contributed by atoms with van der Waals surface area (Å²) in [4.78, 5) is 25.3. The third-order valence-corrected chi connectivity index (χ3v) is 4.99. The second kappa shape index (κ2) is 7.48. The number of carbonyl (C=O) groups excluding carboxylic acids is 1. The second-order valence-electron chi connectivity index (χ2n) is 6.56. The van der Waals surface area contributed by atoms with Crippen molar-refractivity contribution in [1.82, 2.24) is 15.1 Å². The summed E-state index contributed by atoms with van der Waals surface area (Å²) in [5.41, 5.74) is 1.48. The van der Waals surface area contributed by atoms with E-state index in [0.29, 0.717) is 29.4 Å². The third-order valence-electron chi connectivity index (χ3n) is 4.67. The van der Waals surface area contributed by atoms with Crippen LogP contribution in [0.3, 0.4) is 0 Å². The van der Waals surface area contributed by atoms with Crippen molar-refractivity contribution in [1.29, 1.82) is 0 Å². The molecule has 2 aromatic carbocycles. The lowest BCUT2D eigenvalue weighted by Gasteiger charge is -2.26. The summed E-state index contributed by atoms with van der Waals surface area (Å²) < 4.78 is 7.13. The van der Waals surface area contributed by atoms with Crippen LogP contribution >= 0.6 is 11.6 Å². The van der Waals surface area contributed by atoms with Crippen LogP contribution in [-0.4, -0.2) is 22.3 Å². The van der Waals surface area contributed by atoms with Crippen LogP contribution < -0.4 is 15.5 Å². The van der Waals surface area contributed by atoms with Crippen LogP contribution in [0.25, 0.3) is 5.69 Å². The lowest BCUT2D eigenvalue weighted by atomic mass is 10.0. The summed E-state index contributed by atoms with van der Waals surface area (Å²) in [5.74, 6) is 0.219. The fraction of sp³-hybridized carbons (Fsp3) is 0.190. The normalized spacial score (nSPS) is 15.4. The molecule has 0 bridgehead atoms. The van der Waals surface area contributed by atoms with Crippen LogP contribution in [-0.2, 0) is 0 Å². The van der Waals surface area contributed by atoms with E-state index in [4.69, 9.17) is 16.3 Å². The van der Waals surface area contributed by atoms with Crippen LogP contribution in [0.2, 0.25) is 5.02 Å². The summed E-state index contributed by atoms with van der Waals surface area (Å²) in [6, 6.07) is 15.8. The number of ether oxygens (including phenoxy) is 1. The monoisotopic (exact) mass is 395 g/mol. The maximum absolute atomic E-state index is 12.9. The van der Waals surface area contributed by atoms with Gasteiger partial charge in [-0.2, -0.15) is 5.10 Å². The van der Waals surface area contributed by atoms with Crippen molar-refractivity contribution in [2.24, 2.45) is 0 Å². The molecule has 1 aliphatic heterocycles. The molecule has 1 atom stereocenters. The van der Waals surface area contributed by atoms with Gasteiger partial charge in [0.15, 0.2) is 5.69 Å². The van der Waals surface area contributed by atoms with E-state index < -0.39 is 11.3 Å². The average molecular weight is 396 g/mol. The molecular formula is C21H18ClN3O3. The minimum atomic E-state index is -0.521. The van der Waals surface area contributed by atoms with Crippen LogP contribution in [0, 0.1) is 6.92 Å². The molecule has 2 heterocycles. The Morgan fingerprint density at radius 1 is 1.21 bits per heavy atom. The average Bonchev–Trinajstić information content (AvgIpc) is 2.69. The molecular weight excluding hydrogens is 378 g/mol. The van der Waals surface area contributed by atoms with Crippen molar-refractivity contribution in [2.45, 2.75) is 19.4 Å². The van der Waals surface area contributed by atoms with E-state index in [-0.39, 0.29) is 11.7 Å². The fourth-order valence-corrected chi connectivity index (χ4v) is 3.51. The van der Waals surface area contributed by atoms with Gasteiger partial charge in [-0.05, 0) is 25.1 Å². The number of rotatable bonds is 3. The topological polar surface area (TPSA) is 73.2 Å². The van der Waals surface area contributed by atoms with Crippen molar-refractivity contribution < 1.29 is 9.53 Å². The van der Waals surface area contributed by atoms with Gasteiger partial charge in [-0.1, -0.05) is 41.9 Å². The number of hydrogen-bond acceptors (Lipinski definition) is 4. The zero-order valence-corrected chi connectivity index (χ0v) is 15.9. The van der Waals surface area contributed by atoms with E-state index in [1.54, 1.807) is 25.1 Å². The van der Waals surface area contributed by atoms with Crippen LogP contribution in [0.15, 0.2) is 59.4 Å². The molecule has 0 spiro atoms. The number of amides is 1. The smallest absolute Gasteiger partial charge is 0.276 e. The molecule has 1 N–H and O–H groups in total. The van der Waals surface area contributed by atoms with Crippen LogP contribution in [0.4, 0.5) is 0 Å². The van der Waals surface area contributed by atoms with Gasteiger partial charge in [0, 0.05) is 23.7 Å². The Kier molecular flexibility index (Phi) is 4.88. The largest absolute Gasteiger partial charge is 0.493 e. The molecule has 0 radical (unpaired) electrons. The van der Waals surface area contributed by atoms with Crippen LogP contribution in [0.5, 0.6) is 5.75 Å². The van der Waals surface area contributed by atoms with E-state index in [2.05, 4.69) is 10.4 Å². The number of aryl methyl sites for hydroxylation is 1. The summed E-state index contributed by atoms with van der Waals surface area (Å²) in [6.45, 7) is 2.24. The van der Waals surface area contributed by atoms with Gasteiger partial charge in [0.2, 0.25) is 5.43 Å².